The number of nitrogens with one attached hydrogen (secondary N) is 1. The fourth-order valence-corrected chi connectivity index (χ4v) is 4.40. The van der Waals surface area contributed by atoms with Crippen molar-refractivity contribution >= 4 is 21.4 Å². The molecule has 5 nitrogen and oxygen atoms in total. The maximum atomic E-state index is 13.3. The molecular weight excluding hydrogens is 361 g/mol. The van der Waals surface area contributed by atoms with E-state index in [-0.39, 0.29) is 17.0 Å². The molecule has 0 aliphatic heterocycles. The summed E-state index contributed by atoms with van der Waals surface area (Å²) in [7, 11) is -3.72. The zero-order chi connectivity index (χ0) is 18.0. The predicted molar refractivity (Wildman–Crippen MR) is 95.2 cm³/mol. The Morgan fingerprint density at radius 3 is 2.72 bits per heavy atom. The highest BCUT2D eigenvalue weighted by Gasteiger charge is 2.17. The molecule has 0 bridgehead atoms. The van der Waals surface area contributed by atoms with E-state index in [0.29, 0.717) is 0 Å². The average molecular weight is 377 g/mol. The third-order valence-electron chi connectivity index (χ3n) is 3.66. The molecule has 1 N–H and O–H groups in total. The summed E-state index contributed by atoms with van der Waals surface area (Å²) in [6.45, 7) is 3.49. The molecule has 0 unspecified atom stereocenters. The lowest BCUT2D eigenvalue weighted by atomic mass is 10.2. The highest BCUT2D eigenvalue weighted by Crippen LogP contribution is 2.27. The Balaban J connectivity index is 1.79. The standard InChI is InChI=1S/C17H16FN3O2S2/c1-11-8-14(5-6-15(11)18)25(22,23)20-10-16-12(2)21-17(24-16)13-4-3-7-19-9-13/h3-9,20H,10H2,1-2H3. The number of aromatic nitrogens is 2. The van der Waals surface area contributed by atoms with Gasteiger partial charge in [0.05, 0.1) is 10.6 Å². The summed E-state index contributed by atoms with van der Waals surface area (Å²) in [5, 5.41) is 0.789. The summed E-state index contributed by atoms with van der Waals surface area (Å²) in [4.78, 5) is 9.40. The van der Waals surface area contributed by atoms with Gasteiger partial charge in [-0.3, -0.25) is 4.98 Å². The Bertz CT molecular complexity index is 1000. The van der Waals surface area contributed by atoms with Crippen molar-refractivity contribution in [2.75, 3.05) is 0 Å². The first-order valence-electron chi connectivity index (χ1n) is 7.49. The van der Waals surface area contributed by atoms with Crippen LogP contribution in [0.3, 0.4) is 0 Å². The average Bonchev–Trinajstić information content (AvgIpc) is 2.97. The van der Waals surface area contributed by atoms with Gasteiger partial charge < -0.3 is 0 Å². The lowest BCUT2D eigenvalue weighted by molar-refractivity contribution is 0.580. The zero-order valence-corrected chi connectivity index (χ0v) is 15.3. The fraction of sp³-hybridized carbons (Fsp3) is 0.176. The molecule has 0 amide bonds. The molecule has 0 aliphatic carbocycles. The van der Waals surface area contributed by atoms with E-state index in [2.05, 4.69) is 14.7 Å². The molecule has 0 saturated heterocycles. The molecule has 0 aliphatic rings. The summed E-state index contributed by atoms with van der Waals surface area (Å²) in [6.07, 6.45) is 3.40. The van der Waals surface area contributed by atoms with Crippen molar-refractivity contribution in [1.82, 2.24) is 14.7 Å². The SMILES string of the molecule is Cc1cc(S(=O)(=O)NCc2sc(-c3cccnc3)nc2C)ccc1F. The van der Waals surface area contributed by atoms with Crippen molar-refractivity contribution < 1.29 is 12.8 Å². The minimum Gasteiger partial charge on any atom is -0.264 e. The maximum Gasteiger partial charge on any atom is 0.240 e. The molecule has 3 aromatic rings. The van der Waals surface area contributed by atoms with E-state index in [4.69, 9.17) is 0 Å². The third-order valence-corrected chi connectivity index (χ3v) is 6.27. The van der Waals surface area contributed by atoms with Crippen LogP contribution in [0.4, 0.5) is 4.39 Å². The lowest BCUT2D eigenvalue weighted by Gasteiger charge is -2.07. The molecule has 0 atom stereocenters. The Kier molecular flexibility index (Phi) is 4.94. The van der Waals surface area contributed by atoms with Crippen molar-refractivity contribution in [2.24, 2.45) is 0 Å². The number of pyridine rings is 1. The number of rotatable bonds is 5. The normalized spacial score (nSPS) is 11.6. The van der Waals surface area contributed by atoms with Gasteiger partial charge in [0.25, 0.3) is 0 Å². The molecule has 0 radical (unpaired) electrons. The van der Waals surface area contributed by atoms with E-state index in [1.54, 1.807) is 12.4 Å². The zero-order valence-electron chi connectivity index (χ0n) is 13.7. The first kappa shape index (κ1) is 17.7. The second-order valence-corrected chi connectivity index (χ2v) is 8.36. The fourth-order valence-electron chi connectivity index (χ4n) is 2.23. The van der Waals surface area contributed by atoms with Crippen LogP contribution in [0, 0.1) is 19.7 Å². The first-order valence-corrected chi connectivity index (χ1v) is 9.79. The second-order valence-electron chi connectivity index (χ2n) is 5.50. The van der Waals surface area contributed by atoms with E-state index in [9.17, 15) is 12.8 Å². The Labute approximate surface area is 149 Å². The summed E-state index contributed by atoms with van der Waals surface area (Å²) < 4.78 is 40.7. The van der Waals surface area contributed by atoms with Gasteiger partial charge in [-0.05, 0) is 49.7 Å². The summed E-state index contributed by atoms with van der Waals surface area (Å²) >= 11 is 1.42. The lowest BCUT2D eigenvalue weighted by Crippen LogP contribution is -2.23. The van der Waals surface area contributed by atoms with E-state index >= 15 is 0 Å². The predicted octanol–water partition coefficient (Wildman–Crippen LogP) is 3.44. The molecule has 1 aromatic carbocycles. The molecule has 2 aromatic heterocycles. The van der Waals surface area contributed by atoms with Crippen LogP contribution >= 0.6 is 11.3 Å². The molecule has 0 fully saturated rings. The van der Waals surface area contributed by atoms with Crippen LogP contribution in [0.2, 0.25) is 0 Å². The van der Waals surface area contributed by atoms with E-state index in [1.165, 1.54) is 30.4 Å². The van der Waals surface area contributed by atoms with Crippen LogP contribution in [0.5, 0.6) is 0 Å². The number of sulfonamides is 1. The number of halogens is 1. The Morgan fingerprint density at radius 2 is 2.04 bits per heavy atom. The number of nitrogens with zero attached hydrogens (tertiary/aromatic N) is 2. The van der Waals surface area contributed by atoms with E-state index in [1.807, 2.05) is 19.1 Å². The number of aryl methyl sites for hydroxylation is 2. The van der Waals surface area contributed by atoms with Gasteiger partial charge in [0, 0.05) is 29.4 Å². The maximum absolute atomic E-state index is 13.3. The van der Waals surface area contributed by atoms with Crippen LogP contribution < -0.4 is 4.72 Å². The van der Waals surface area contributed by atoms with Gasteiger partial charge in [0.2, 0.25) is 10.0 Å². The van der Waals surface area contributed by atoms with E-state index < -0.39 is 15.8 Å². The van der Waals surface area contributed by atoms with Crippen molar-refractivity contribution in [2.45, 2.75) is 25.3 Å². The minimum absolute atomic E-state index is 0.0426. The molecule has 8 heteroatoms. The highest BCUT2D eigenvalue weighted by molar-refractivity contribution is 7.89. The molecule has 0 saturated carbocycles. The van der Waals surface area contributed by atoms with Crippen molar-refractivity contribution in [3.8, 4) is 10.6 Å². The van der Waals surface area contributed by atoms with Crippen LogP contribution in [0.25, 0.3) is 10.6 Å². The molecule has 0 spiro atoms. The third kappa shape index (κ3) is 3.92. The Hall–Kier alpha value is -2.16. The molecule has 25 heavy (non-hydrogen) atoms. The second kappa shape index (κ2) is 6.99. The van der Waals surface area contributed by atoms with Crippen molar-refractivity contribution in [1.29, 1.82) is 0 Å². The molecular formula is C17H16FN3O2S2. The number of hydrogen-bond donors (Lipinski definition) is 1. The van der Waals surface area contributed by atoms with Crippen LogP contribution in [-0.4, -0.2) is 18.4 Å². The van der Waals surface area contributed by atoms with Crippen molar-refractivity contribution in [3.05, 3.63) is 64.7 Å². The van der Waals surface area contributed by atoms with Crippen LogP contribution in [-0.2, 0) is 16.6 Å². The first-order chi connectivity index (χ1) is 11.9. The topological polar surface area (TPSA) is 72.0 Å². The van der Waals surface area contributed by atoms with Gasteiger partial charge in [0.1, 0.15) is 10.8 Å². The monoisotopic (exact) mass is 377 g/mol. The van der Waals surface area contributed by atoms with E-state index in [0.717, 1.165) is 27.2 Å². The quantitative estimate of drug-likeness (QED) is 0.739. The number of benzene rings is 1. The minimum atomic E-state index is -3.72. The van der Waals surface area contributed by atoms with Gasteiger partial charge in [0.15, 0.2) is 0 Å². The smallest absolute Gasteiger partial charge is 0.240 e. The highest BCUT2D eigenvalue weighted by atomic mass is 32.2. The summed E-state index contributed by atoms with van der Waals surface area (Å²) in [6, 6.07) is 7.46. The van der Waals surface area contributed by atoms with Gasteiger partial charge in [-0.2, -0.15) is 0 Å². The largest absolute Gasteiger partial charge is 0.264 e. The van der Waals surface area contributed by atoms with Gasteiger partial charge in [-0.25, -0.2) is 22.5 Å². The van der Waals surface area contributed by atoms with Crippen molar-refractivity contribution in [3.63, 3.8) is 0 Å². The molecule has 2 heterocycles. The van der Waals surface area contributed by atoms with Gasteiger partial charge in [-0.1, -0.05) is 0 Å². The van der Waals surface area contributed by atoms with Crippen LogP contribution in [0.1, 0.15) is 16.1 Å². The molecule has 3 rings (SSSR count). The number of thiazole rings is 1. The summed E-state index contributed by atoms with van der Waals surface area (Å²) in [5.41, 5.74) is 1.94. The number of hydrogen-bond acceptors (Lipinski definition) is 5. The molecule has 130 valence electrons. The van der Waals surface area contributed by atoms with Gasteiger partial charge in [-0.15, -0.1) is 11.3 Å². The summed E-state index contributed by atoms with van der Waals surface area (Å²) in [5.74, 6) is -0.432. The van der Waals surface area contributed by atoms with Gasteiger partial charge >= 0.3 is 0 Å². The van der Waals surface area contributed by atoms with Crippen LogP contribution in [0.15, 0.2) is 47.6 Å². The Morgan fingerprint density at radius 1 is 1.24 bits per heavy atom.